The van der Waals surface area contributed by atoms with Gasteiger partial charge in [-0.3, -0.25) is 9.80 Å². The number of piperazine rings is 1. The first kappa shape index (κ1) is 14.1. The van der Waals surface area contributed by atoms with E-state index in [2.05, 4.69) is 52.3 Å². The summed E-state index contributed by atoms with van der Waals surface area (Å²) in [6.07, 6.45) is 5.95. The third-order valence-electron chi connectivity index (χ3n) is 3.90. The van der Waals surface area contributed by atoms with Crippen LogP contribution < -0.4 is 0 Å². The fourth-order valence-corrected chi connectivity index (χ4v) is 2.68. The van der Waals surface area contributed by atoms with Crippen molar-refractivity contribution in [1.29, 1.82) is 0 Å². The van der Waals surface area contributed by atoms with E-state index in [1.54, 1.807) is 6.26 Å². The summed E-state index contributed by atoms with van der Waals surface area (Å²) in [6.45, 7) is 6.62. The number of hydrogen-bond donors (Lipinski definition) is 0. The van der Waals surface area contributed by atoms with Gasteiger partial charge < -0.3 is 4.42 Å². The lowest BCUT2D eigenvalue weighted by Crippen LogP contribution is -2.45. The molecule has 0 N–H and O–H groups in total. The third-order valence-corrected chi connectivity index (χ3v) is 3.90. The van der Waals surface area contributed by atoms with Gasteiger partial charge in [0.1, 0.15) is 5.76 Å². The van der Waals surface area contributed by atoms with Crippen LogP contribution >= 0.6 is 0 Å². The highest BCUT2D eigenvalue weighted by atomic mass is 16.3. The van der Waals surface area contributed by atoms with Crippen LogP contribution in [-0.4, -0.2) is 42.5 Å². The number of furan rings is 1. The molecule has 0 atom stereocenters. The summed E-state index contributed by atoms with van der Waals surface area (Å²) in [5, 5.41) is 0. The largest absolute Gasteiger partial charge is 0.465 e. The number of benzene rings is 1. The Balaban J connectivity index is 1.41. The van der Waals surface area contributed by atoms with Crippen molar-refractivity contribution in [3.63, 3.8) is 0 Å². The number of rotatable bonds is 5. The second-order valence-corrected chi connectivity index (χ2v) is 5.48. The minimum absolute atomic E-state index is 0.928. The maximum atomic E-state index is 5.29. The quantitative estimate of drug-likeness (QED) is 0.840. The van der Waals surface area contributed by atoms with Crippen LogP contribution in [0.1, 0.15) is 11.3 Å². The van der Waals surface area contributed by atoms with E-state index in [4.69, 9.17) is 4.42 Å². The maximum Gasteiger partial charge on any atom is 0.126 e. The predicted octanol–water partition coefficient (Wildman–Crippen LogP) is 3.11. The molecule has 1 saturated heterocycles. The van der Waals surface area contributed by atoms with Crippen molar-refractivity contribution in [3.8, 4) is 0 Å². The van der Waals surface area contributed by atoms with E-state index in [1.807, 2.05) is 12.1 Å². The molecule has 0 aliphatic carbocycles. The van der Waals surface area contributed by atoms with Crippen LogP contribution in [0, 0.1) is 0 Å². The van der Waals surface area contributed by atoms with Crippen molar-refractivity contribution in [3.05, 3.63) is 66.1 Å². The standard InChI is InChI=1S/C18H22N2O/c1-2-6-17(7-3-1)16-20-13-11-19(12-14-20)10-4-8-18-9-5-15-21-18/h1-9,15H,10-14,16H2/b8-4+. The maximum absolute atomic E-state index is 5.29. The summed E-state index contributed by atoms with van der Waals surface area (Å²) >= 11 is 0. The Bertz CT molecular complexity index is 540. The SMILES string of the molecule is C(=C\c1ccco1)/CN1CCN(Cc2ccccc2)CC1. The summed E-state index contributed by atoms with van der Waals surface area (Å²) in [6, 6.07) is 14.6. The average molecular weight is 282 g/mol. The van der Waals surface area contributed by atoms with Crippen molar-refractivity contribution < 1.29 is 4.42 Å². The fourth-order valence-electron chi connectivity index (χ4n) is 2.68. The van der Waals surface area contributed by atoms with Crippen LogP contribution in [0.3, 0.4) is 0 Å². The predicted molar refractivity (Wildman–Crippen MR) is 85.9 cm³/mol. The van der Waals surface area contributed by atoms with Crippen LogP contribution in [0.25, 0.3) is 6.08 Å². The molecule has 2 aromatic rings. The van der Waals surface area contributed by atoms with Gasteiger partial charge in [0, 0.05) is 39.3 Å². The molecule has 1 aromatic heterocycles. The zero-order valence-electron chi connectivity index (χ0n) is 12.3. The summed E-state index contributed by atoms with van der Waals surface area (Å²) in [4.78, 5) is 5.02. The van der Waals surface area contributed by atoms with E-state index in [0.717, 1.165) is 45.0 Å². The van der Waals surface area contributed by atoms with E-state index < -0.39 is 0 Å². The van der Waals surface area contributed by atoms with Crippen LogP contribution in [-0.2, 0) is 6.54 Å². The molecule has 0 radical (unpaired) electrons. The van der Waals surface area contributed by atoms with Gasteiger partial charge in [0.2, 0.25) is 0 Å². The molecule has 0 unspecified atom stereocenters. The van der Waals surface area contributed by atoms with Gasteiger partial charge in [0.15, 0.2) is 0 Å². The lowest BCUT2D eigenvalue weighted by atomic mass is 10.2. The highest BCUT2D eigenvalue weighted by Gasteiger charge is 2.15. The van der Waals surface area contributed by atoms with Crippen molar-refractivity contribution in [2.45, 2.75) is 6.54 Å². The molecular formula is C18H22N2O. The van der Waals surface area contributed by atoms with Gasteiger partial charge >= 0.3 is 0 Å². The molecule has 1 fully saturated rings. The second kappa shape index (κ2) is 7.25. The Kier molecular flexibility index (Phi) is 4.87. The van der Waals surface area contributed by atoms with Crippen LogP contribution in [0.5, 0.6) is 0 Å². The van der Waals surface area contributed by atoms with Crippen molar-refractivity contribution >= 4 is 6.08 Å². The molecule has 3 heteroatoms. The molecule has 0 saturated carbocycles. The highest BCUT2D eigenvalue weighted by Crippen LogP contribution is 2.09. The van der Waals surface area contributed by atoms with E-state index in [9.17, 15) is 0 Å². The average Bonchev–Trinajstić information content (AvgIpc) is 3.03. The molecular weight excluding hydrogens is 260 g/mol. The summed E-state index contributed by atoms with van der Waals surface area (Å²) in [5.41, 5.74) is 1.41. The van der Waals surface area contributed by atoms with Gasteiger partial charge in [0.05, 0.1) is 6.26 Å². The minimum atomic E-state index is 0.928. The first-order valence-corrected chi connectivity index (χ1v) is 7.59. The molecule has 2 heterocycles. The molecule has 21 heavy (non-hydrogen) atoms. The second-order valence-electron chi connectivity index (χ2n) is 5.48. The highest BCUT2D eigenvalue weighted by molar-refractivity contribution is 5.42. The Morgan fingerprint density at radius 2 is 1.67 bits per heavy atom. The van der Waals surface area contributed by atoms with E-state index in [-0.39, 0.29) is 0 Å². The molecule has 1 aliphatic rings. The van der Waals surface area contributed by atoms with E-state index >= 15 is 0 Å². The molecule has 3 nitrogen and oxygen atoms in total. The van der Waals surface area contributed by atoms with Crippen LogP contribution in [0.15, 0.2) is 59.2 Å². The molecule has 0 bridgehead atoms. The zero-order valence-corrected chi connectivity index (χ0v) is 12.3. The molecule has 1 aromatic carbocycles. The van der Waals surface area contributed by atoms with Gasteiger partial charge in [-0.15, -0.1) is 0 Å². The lowest BCUT2D eigenvalue weighted by molar-refractivity contribution is 0.137. The summed E-state index contributed by atoms with van der Waals surface area (Å²) in [7, 11) is 0. The Hall–Kier alpha value is -1.84. The summed E-state index contributed by atoms with van der Waals surface area (Å²) in [5.74, 6) is 0.928. The molecule has 1 aliphatic heterocycles. The Morgan fingerprint density at radius 1 is 0.905 bits per heavy atom. The number of hydrogen-bond acceptors (Lipinski definition) is 3. The Morgan fingerprint density at radius 3 is 2.38 bits per heavy atom. The lowest BCUT2D eigenvalue weighted by Gasteiger charge is -2.34. The van der Waals surface area contributed by atoms with Gasteiger partial charge in [-0.25, -0.2) is 0 Å². The molecule has 110 valence electrons. The van der Waals surface area contributed by atoms with Gasteiger partial charge in [-0.2, -0.15) is 0 Å². The van der Waals surface area contributed by atoms with Gasteiger partial charge in [0.25, 0.3) is 0 Å². The topological polar surface area (TPSA) is 19.6 Å². The summed E-state index contributed by atoms with van der Waals surface area (Å²) < 4.78 is 5.29. The van der Waals surface area contributed by atoms with E-state index in [0.29, 0.717) is 0 Å². The monoisotopic (exact) mass is 282 g/mol. The zero-order chi connectivity index (χ0) is 14.3. The number of nitrogens with zero attached hydrogens (tertiary/aromatic N) is 2. The molecule has 0 amide bonds. The fraction of sp³-hybridized carbons (Fsp3) is 0.333. The normalized spacial score (nSPS) is 17.5. The molecule has 3 rings (SSSR count). The van der Waals surface area contributed by atoms with Gasteiger partial charge in [-0.1, -0.05) is 36.4 Å². The van der Waals surface area contributed by atoms with Crippen molar-refractivity contribution in [1.82, 2.24) is 9.80 Å². The first-order chi connectivity index (χ1) is 10.4. The van der Waals surface area contributed by atoms with Crippen molar-refractivity contribution in [2.75, 3.05) is 32.7 Å². The van der Waals surface area contributed by atoms with Gasteiger partial charge in [-0.05, 0) is 23.8 Å². The van der Waals surface area contributed by atoms with Crippen LogP contribution in [0.2, 0.25) is 0 Å². The molecule has 0 spiro atoms. The van der Waals surface area contributed by atoms with Crippen LogP contribution in [0.4, 0.5) is 0 Å². The van der Waals surface area contributed by atoms with Crippen molar-refractivity contribution in [2.24, 2.45) is 0 Å². The first-order valence-electron chi connectivity index (χ1n) is 7.59. The Labute approximate surface area is 126 Å². The van der Waals surface area contributed by atoms with E-state index in [1.165, 1.54) is 5.56 Å². The minimum Gasteiger partial charge on any atom is -0.465 e. The smallest absolute Gasteiger partial charge is 0.126 e. The third kappa shape index (κ3) is 4.31.